The molecule has 5 nitrogen and oxygen atoms in total. The molecular weight excluding hydrogens is 590 g/mol. The predicted molar refractivity (Wildman–Crippen MR) is 194 cm³/mol. The Balaban J connectivity index is 1.17. The van der Waals surface area contributed by atoms with E-state index in [-0.39, 0.29) is 0 Å². The average Bonchev–Trinajstić information content (AvgIpc) is 3.73. The summed E-state index contributed by atoms with van der Waals surface area (Å²) in [4.78, 5) is 15.1. The van der Waals surface area contributed by atoms with Crippen molar-refractivity contribution in [3.8, 4) is 34.2 Å². The minimum atomic E-state index is 0.465. The Morgan fingerprint density at radius 2 is 1.21 bits per heavy atom. The lowest BCUT2D eigenvalue weighted by Gasteiger charge is -2.20. The van der Waals surface area contributed by atoms with Crippen molar-refractivity contribution in [2.24, 2.45) is 0 Å². The highest BCUT2D eigenvalue weighted by atomic mass is 16.3. The lowest BCUT2D eigenvalue weighted by molar-refractivity contribution is 0.620. The molecule has 3 heterocycles. The lowest BCUT2D eigenvalue weighted by atomic mass is 9.84. The van der Waals surface area contributed by atoms with Crippen LogP contribution in [0.15, 0.2) is 142 Å². The van der Waals surface area contributed by atoms with E-state index in [1.165, 1.54) is 16.3 Å². The number of nitrogens with zero attached hydrogens (tertiary/aromatic N) is 3. The molecule has 1 atom stereocenters. The van der Waals surface area contributed by atoms with Crippen molar-refractivity contribution < 1.29 is 8.83 Å². The summed E-state index contributed by atoms with van der Waals surface area (Å²) in [5.41, 5.74) is 7.56. The standard InChI is InChI=1S/C43H29N3O2/c1-3-11-26(12-4-1)34-23-28-15-7-8-16-31(28)40-39(34)33-21-19-30(25-38(33)48-40)43-45-41(27-13-5-2-6-14-27)44-42(46-43)29-20-22-37-35(24-29)32-17-9-10-18-36(32)47-37/h1-3,5-10,13-26H,4,11-12H2. The molecule has 1 aliphatic rings. The Morgan fingerprint density at radius 1 is 0.500 bits per heavy atom. The molecule has 0 fully saturated rings. The number of hydrogen-bond acceptors (Lipinski definition) is 5. The molecule has 0 N–H and O–H groups in total. The molecule has 6 aromatic carbocycles. The van der Waals surface area contributed by atoms with Crippen LogP contribution in [0.4, 0.5) is 0 Å². The van der Waals surface area contributed by atoms with Gasteiger partial charge in [0.15, 0.2) is 17.5 Å². The first kappa shape index (κ1) is 27.1. The molecule has 0 radical (unpaired) electrons. The Labute approximate surface area is 276 Å². The van der Waals surface area contributed by atoms with Crippen LogP contribution >= 0.6 is 0 Å². The van der Waals surface area contributed by atoms with Crippen LogP contribution in [0.25, 0.3) is 88.8 Å². The minimum Gasteiger partial charge on any atom is -0.456 e. The summed E-state index contributed by atoms with van der Waals surface area (Å²) < 4.78 is 12.9. The molecule has 1 unspecified atom stereocenters. The summed E-state index contributed by atoms with van der Waals surface area (Å²) in [5, 5.41) is 6.79. The van der Waals surface area contributed by atoms with E-state index in [2.05, 4.69) is 72.8 Å². The topological polar surface area (TPSA) is 65.0 Å². The van der Waals surface area contributed by atoms with Gasteiger partial charge in [0.1, 0.15) is 22.3 Å². The van der Waals surface area contributed by atoms with E-state index in [1.54, 1.807) is 0 Å². The number of allylic oxidation sites excluding steroid dienone is 2. The molecule has 0 saturated heterocycles. The maximum atomic E-state index is 6.77. The van der Waals surface area contributed by atoms with Gasteiger partial charge >= 0.3 is 0 Å². The van der Waals surface area contributed by atoms with Crippen molar-refractivity contribution in [1.29, 1.82) is 0 Å². The molecule has 48 heavy (non-hydrogen) atoms. The van der Waals surface area contributed by atoms with Gasteiger partial charge in [-0.3, -0.25) is 0 Å². The monoisotopic (exact) mass is 619 g/mol. The molecule has 3 aromatic heterocycles. The SMILES string of the molecule is C1=CCC(c2cc3ccccc3c3oc4cc(-c5nc(-c6ccccc6)nc(-c6ccc7oc8ccccc8c7c6)n5)ccc4c23)CC1. The van der Waals surface area contributed by atoms with E-state index in [4.69, 9.17) is 23.8 Å². The molecule has 1 aliphatic carbocycles. The van der Waals surface area contributed by atoms with Gasteiger partial charge in [0.05, 0.1) is 0 Å². The smallest absolute Gasteiger partial charge is 0.164 e. The fraction of sp³-hybridized carbons (Fsp3) is 0.0930. The molecule has 0 amide bonds. The molecule has 5 heteroatoms. The highest BCUT2D eigenvalue weighted by Gasteiger charge is 2.22. The third-order valence-electron chi connectivity index (χ3n) is 9.76. The summed E-state index contributed by atoms with van der Waals surface area (Å²) in [6.07, 6.45) is 7.93. The molecule has 10 rings (SSSR count). The molecule has 9 aromatic rings. The third kappa shape index (κ3) is 4.35. The highest BCUT2D eigenvalue weighted by molar-refractivity contribution is 6.17. The average molecular weight is 620 g/mol. The van der Waals surface area contributed by atoms with Gasteiger partial charge in [0, 0.05) is 43.6 Å². The molecule has 0 bridgehead atoms. The third-order valence-corrected chi connectivity index (χ3v) is 9.76. The molecule has 0 spiro atoms. The van der Waals surface area contributed by atoms with Crippen molar-refractivity contribution in [3.05, 3.63) is 139 Å². The zero-order chi connectivity index (χ0) is 31.6. The predicted octanol–water partition coefficient (Wildman–Crippen LogP) is 11.6. The van der Waals surface area contributed by atoms with E-state index < -0.39 is 0 Å². The van der Waals surface area contributed by atoms with Gasteiger partial charge in [-0.25, -0.2) is 15.0 Å². The number of hydrogen-bond donors (Lipinski definition) is 0. The zero-order valence-electron chi connectivity index (χ0n) is 26.1. The summed E-state index contributed by atoms with van der Waals surface area (Å²) in [6, 6.07) is 41.7. The number of para-hydroxylation sites is 1. The Morgan fingerprint density at radius 3 is 2.04 bits per heavy atom. The number of aromatic nitrogens is 3. The molecule has 0 saturated carbocycles. The molecular formula is C43H29N3O2. The van der Waals surface area contributed by atoms with Crippen LogP contribution in [-0.2, 0) is 0 Å². The van der Waals surface area contributed by atoms with E-state index in [1.807, 2.05) is 60.7 Å². The van der Waals surface area contributed by atoms with Crippen LogP contribution in [-0.4, -0.2) is 15.0 Å². The summed E-state index contributed by atoms with van der Waals surface area (Å²) in [6.45, 7) is 0. The van der Waals surface area contributed by atoms with Gasteiger partial charge in [-0.2, -0.15) is 0 Å². The minimum absolute atomic E-state index is 0.465. The molecule has 0 aliphatic heterocycles. The van der Waals surface area contributed by atoms with Gasteiger partial charge in [-0.05, 0) is 78.6 Å². The maximum Gasteiger partial charge on any atom is 0.164 e. The van der Waals surface area contributed by atoms with Gasteiger partial charge in [-0.15, -0.1) is 0 Å². The Hall–Kier alpha value is -6.07. The van der Waals surface area contributed by atoms with Crippen LogP contribution in [0.3, 0.4) is 0 Å². The van der Waals surface area contributed by atoms with Crippen LogP contribution in [0.2, 0.25) is 0 Å². The second-order valence-electron chi connectivity index (χ2n) is 12.7. The van der Waals surface area contributed by atoms with Gasteiger partial charge in [0.2, 0.25) is 0 Å². The maximum absolute atomic E-state index is 6.77. The first-order valence-electron chi connectivity index (χ1n) is 16.5. The first-order chi connectivity index (χ1) is 23.8. The normalized spacial score (nSPS) is 15.0. The van der Waals surface area contributed by atoms with Crippen molar-refractivity contribution in [3.63, 3.8) is 0 Å². The summed E-state index contributed by atoms with van der Waals surface area (Å²) in [5.74, 6) is 2.29. The summed E-state index contributed by atoms with van der Waals surface area (Å²) in [7, 11) is 0. The second-order valence-corrected chi connectivity index (χ2v) is 12.7. The van der Waals surface area contributed by atoms with Crippen molar-refractivity contribution in [2.45, 2.75) is 25.2 Å². The van der Waals surface area contributed by atoms with Crippen LogP contribution in [0.5, 0.6) is 0 Å². The number of fused-ring (bicyclic) bond motifs is 8. The Bertz CT molecular complexity index is 2720. The fourth-order valence-electron chi connectivity index (χ4n) is 7.39. The largest absolute Gasteiger partial charge is 0.456 e. The number of furan rings is 2. The first-order valence-corrected chi connectivity index (χ1v) is 16.5. The number of rotatable bonds is 4. The van der Waals surface area contributed by atoms with E-state index in [0.29, 0.717) is 23.4 Å². The lowest BCUT2D eigenvalue weighted by Crippen LogP contribution is -2.01. The van der Waals surface area contributed by atoms with Crippen LogP contribution < -0.4 is 0 Å². The van der Waals surface area contributed by atoms with Crippen molar-refractivity contribution in [2.75, 3.05) is 0 Å². The van der Waals surface area contributed by atoms with Gasteiger partial charge in [0.25, 0.3) is 0 Å². The molecule has 228 valence electrons. The second kappa shape index (κ2) is 10.7. The van der Waals surface area contributed by atoms with E-state index in [0.717, 1.165) is 79.8 Å². The van der Waals surface area contributed by atoms with Crippen molar-refractivity contribution >= 4 is 54.6 Å². The zero-order valence-corrected chi connectivity index (χ0v) is 26.1. The Kier molecular flexibility index (Phi) is 6.06. The van der Waals surface area contributed by atoms with Crippen molar-refractivity contribution in [1.82, 2.24) is 15.0 Å². The van der Waals surface area contributed by atoms with Crippen LogP contribution in [0.1, 0.15) is 30.7 Å². The van der Waals surface area contributed by atoms with E-state index >= 15 is 0 Å². The quantitative estimate of drug-likeness (QED) is 0.183. The van der Waals surface area contributed by atoms with E-state index in [9.17, 15) is 0 Å². The van der Waals surface area contributed by atoms with Crippen LogP contribution in [0, 0.1) is 0 Å². The fourth-order valence-corrected chi connectivity index (χ4v) is 7.39. The summed E-state index contributed by atoms with van der Waals surface area (Å²) >= 11 is 0. The van der Waals surface area contributed by atoms with Gasteiger partial charge < -0.3 is 8.83 Å². The highest BCUT2D eigenvalue weighted by Crippen LogP contribution is 2.43. The number of benzene rings is 6. The van der Waals surface area contributed by atoms with Gasteiger partial charge in [-0.1, -0.05) is 91.0 Å².